The Morgan fingerprint density at radius 1 is 1.22 bits per heavy atom. The smallest absolute Gasteiger partial charge is 0.262 e. The first-order chi connectivity index (χ1) is 15.3. The van der Waals surface area contributed by atoms with Crippen molar-refractivity contribution in [1.29, 1.82) is 0 Å². The van der Waals surface area contributed by atoms with Crippen LogP contribution in [0.3, 0.4) is 0 Å². The second kappa shape index (κ2) is 9.30. The van der Waals surface area contributed by atoms with Gasteiger partial charge in [-0.05, 0) is 43.7 Å². The fraction of sp³-hybridized carbons (Fsp3) is 0.273. The number of nitrogens with one attached hydrogen (secondary N) is 1. The van der Waals surface area contributed by atoms with Gasteiger partial charge >= 0.3 is 0 Å². The zero-order valence-corrected chi connectivity index (χ0v) is 19.1. The normalized spacial score (nSPS) is 11.5. The molecule has 0 saturated carbocycles. The van der Waals surface area contributed by atoms with Gasteiger partial charge < -0.3 is 5.32 Å². The van der Waals surface area contributed by atoms with E-state index in [1.54, 1.807) is 40.8 Å². The molecule has 0 aliphatic rings. The molecule has 4 rings (SSSR count). The molecule has 0 bridgehead atoms. The van der Waals surface area contributed by atoms with Crippen molar-refractivity contribution in [1.82, 2.24) is 24.5 Å². The molecule has 0 saturated heterocycles. The number of amides is 1. The highest BCUT2D eigenvalue weighted by atomic mass is 35.5. The summed E-state index contributed by atoms with van der Waals surface area (Å²) in [6.07, 6.45) is 0.115. The van der Waals surface area contributed by atoms with Gasteiger partial charge in [-0.2, -0.15) is 0 Å². The maximum atomic E-state index is 14.1. The average molecular weight is 474 g/mol. The van der Waals surface area contributed by atoms with Crippen LogP contribution in [0, 0.1) is 5.82 Å². The summed E-state index contributed by atoms with van der Waals surface area (Å²) in [6, 6.07) is 11.6. The average Bonchev–Trinajstić information content (AvgIpc) is 3.16. The zero-order valence-electron chi connectivity index (χ0n) is 17.5. The third kappa shape index (κ3) is 4.49. The van der Waals surface area contributed by atoms with Crippen LogP contribution in [0.2, 0.25) is 5.02 Å². The highest BCUT2D eigenvalue weighted by Crippen LogP contribution is 2.26. The Balaban J connectivity index is 1.78. The van der Waals surface area contributed by atoms with E-state index in [1.165, 1.54) is 22.4 Å². The number of nitrogens with zero attached hydrogens (tertiary/aromatic N) is 4. The fourth-order valence-electron chi connectivity index (χ4n) is 3.42. The molecule has 2 aromatic carbocycles. The van der Waals surface area contributed by atoms with Crippen molar-refractivity contribution in [2.45, 2.75) is 43.8 Å². The number of aromatic nitrogens is 4. The molecule has 166 valence electrons. The van der Waals surface area contributed by atoms with Gasteiger partial charge in [-0.15, -0.1) is 10.2 Å². The molecule has 32 heavy (non-hydrogen) atoms. The molecular formula is C22H21ClFN5O2S. The minimum Gasteiger partial charge on any atom is -0.354 e. The van der Waals surface area contributed by atoms with E-state index in [9.17, 15) is 14.0 Å². The van der Waals surface area contributed by atoms with Gasteiger partial charge in [0.2, 0.25) is 11.7 Å². The molecule has 0 aliphatic heterocycles. The lowest BCUT2D eigenvalue weighted by molar-refractivity contribution is -0.121. The van der Waals surface area contributed by atoms with E-state index in [2.05, 4.69) is 15.5 Å². The maximum Gasteiger partial charge on any atom is 0.262 e. The van der Waals surface area contributed by atoms with Crippen LogP contribution in [-0.4, -0.2) is 31.1 Å². The van der Waals surface area contributed by atoms with E-state index in [1.807, 2.05) is 13.8 Å². The molecule has 1 amide bonds. The molecule has 10 heteroatoms. The first-order valence-electron chi connectivity index (χ1n) is 10.1. The molecule has 0 fully saturated rings. The van der Waals surface area contributed by atoms with Crippen LogP contribution < -0.4 is 10.9 Å². The largest absolute Gasteiger partial charge is 0.354 e. The van der Waals surface area contributed by atoms with E-state index in [0.29, 0.717) is 38.2 Å². The van der Waals surface area contributed by atoms with Crippen molar-refractivity contribution in [2.75, 3.05) is 0 Å². The first kappa shape index (κ1) is 22.3. The van der Waals surface area contributed by atoms with Gasteiger partial charge in [-0.3, -0.25) is 18.6 Å². The first-order valence-corrected chi connectivity index (χ1v) is 11.4. The van der Waals surface area contributed by atoms with Crippen molar-refractivity contribution >= 4 is 46.0 Å². The SMILES string of the molecule is CC(C)NC(=O)CCn1c(=O)c2cc(Cl)ccc2n2c(SCc3ccccc3F)nnc12. The summed E-state index contributed by atoms with van der Waals surface area (Å²) in [4.78, 5) is 25.4. The van der Waals surface area contributed by atoms with Gasteiger partial charge in [0.15, 0.2) is 5.16 Å². The Bertz CT molecular complexity index is 1370. The van der Waals surface area contributed by atoms with E-state index < -0.39 is 0 Å². The summed E-state index contributed by atoms with van der Waals surface area (Å²) in [6.45, 7) is 3.88. The van der Waals surface area contributed by atoms with Crippen LogP contribution in [0.15, 0.2) is 52.4 Å². The quantitative estimate of drug-likeness (QED) is 0.410. The van der Waals surface area contributed by atoms with Gasteiger partial charge in [0.25, 0.3) is 5.56 Å². The number of hydrogen-bond acceptors (Lipinski definition) is 5. The molecule has 2 heterocycles. The van der Waals surface area contributed by atoms with Crippen molar-refractivity contribution in [3.8, 4) is 0 Å². The number of carbonyl (C=O) groups excluding carboxylic acids is 1. The summed E-state index contributed by atoms with van der Waals surface area (Å²) in [5.41, 5.74) is 0.837. The monoisotopic (exact) mass is 473 g/mol. The van der Waals surface area contributed by atoms with Crippen molar-refractivity contribution < 1.29 is 9.18 Å². The Morgan fingerprint density at radius 2 is 2.00 bits per heavy atom. The minimum absolute atomic E-state index is 0.00382. The summed E-state index contributed by atoms with van der Waals surface area (Å²) >= 11 is 7.46. The Morgan fingerprint density at radius 3 is 2.75 bits per heavy atom. The van der Waals surface area contributed by atoms with E-state index >= 15 is 0 Å². The second-order valence-electron chi connectivity index (χ2n) is 7.59. The number of rotatable bonds is 7. The van der Waals surface area contributed by atoms with Gasteiger partial charge in [-0.25, -0.2) is 4.39 Å². The van der Waals surface area contributed by atoms with Crippen molar-refractivity contribution in [3.63, 3.8) is 0 Å². The second-order valence-corrected chi connectivity index (χ2v) is 8.97. The zero-order chi connectivity index (χ0) is 22.8. The Kier molecular flexibility index (Phi) is 6.48. The molecule has 1 N–H and O–H groups in total. The number of fused-ring (bicyclic) bond motifs is 3. The standard InChI is InChI=1S/C22H21ClFN5O2S/c1-13(2)25-19(30)9-10-28-20(31)16-11-15(23)7-8-18(16)29-21(28)26-27-22(29)32-12-14-5-3-4-6-17(14)24/h3-8,11,13H,9-10,12H2,1-2H3,(H,25,30). The van der Waals surface area contributed by atoms with Gasteiger partial charge in [0, 0.05) is 29.8 Å². The predicted octanol–water partition coefficient (Wildman–Crippen LogP) is 4.04. The molecule has 2 aromatic heterocycles. The molecule has 4 aromatic rings. The maximum absolute atomic E-state index is 14.1. The molecule has 0 radical (unpaired) electrons. The molecule has 0 spiro atoms. The lowest BCUT2D eigenvalue weighted by atomic mass is 10.2. The topological polar surface area (TPSA) is 81.3 Å². The number of thioether (sulfide) groups is 1. The third-order valence-corrected chi connectivity index (χ3v) is 6.07. The minimum atomic E-state index is -0.301. The lowest BCUT2D eigenvalue weighted by Gasteiger charge is -2.12. The summed E-state index contributed by atoms with van der Waals surface area (Å²) in [5, 5.41) is 12.6. The Hall–Kier alpha value is -2.91. The van der Waals surface area contributed by atoms with E-state index in [-0.39, 0.29) is 36.3 Å². The summed E-state index contributed by atoms with van der Waals surface area (Å²) < 4.78 is 17.2. The third-order valence-electron chi connectivity index (χ3n) is 4.86. The van der Waals surface area contributed by atoms with Crippen LogP contribution in [0.5, 0.6) is 0 Å². The van der Waals surface area contributed by atoms with E-state index in [4.69, 9.17) is 11.6 Å². The summed E-state index contributed by atoms with van der Waals surface area (Å²) in [7, 11) is 0. The molecule has 0 atom stereocenters. The van der Waals surface area contributed by atoms with Crippen molar-refractivity contribution in [3.05, 3.63) is 69.2 Å². The Labute approximate surface area is 192 Å². The fourth-order valence-corrected chi connectivity index (χ4v) is 4.52. The van der Waals surface area contributed by atoms with Crippen LogP contribution in [-0.2, 0) is 17.1 Å². The van der Waals surface area contributed by atoms with Crippen LogP contribution in [0.25, 0.3) is 16.7 Å². The number of hydrogen-bond donors (Lipinski definition) is 1. The van der Waals surface area contributed by atoms with Gasteiger partial charge in [0.05, 0.1) is 10.9 Å². The predicted molar refractivity (Wildman–Crippen MR) is 124 cm³/mol. The van der Waals surface area contributed by atoms with Gasteiger partial charge in [-0.1, -0.05) is 41.6 Å². The number of halogens is 2. The number of aryl methyl sites for hydroxylation is 1. The van der Waals surface area contributed by atoms with Crippen LogP contribution >= 0.6 is 23.4 Å². The van der Waals surface area contributed by atoms with E-state index in [0.717, 1.165) is 0 Å². The number of benzene rings is 2. The lowest BCUT2D eigenvalue weighted by Crippen LogP contribution is -2.32. The highest BCUT2D eigenvalue weighted by Gasteiger charge is 2.18. The highest BCUT2D eigenvalue weighted by molar-refractivity contribution is 7.98. The van der Waals surface area contributed by atoms with Gasteiger partial charge in [0.1, 0.15) is 5.82 Å². The molecule has 7 nitrogen and oxygen atoms in total. The molecule has 0 aliphatic carbocycles. The number of carbonyl (C=O) groups is 1. The van der Waals surface area contributed by atoms with Crippen LogP contribution in [0.1, 0.15) is 25.8 Å². The molecule has 0 unspecified atom stereocenters. The molecular weight excluding hydrogens is 453 g/mol. The summed E-state index contributed by atoms with van der Waals surface area (Å²) in [5.74, 6) is 0.208. The van der Waals surface area contributed by atoms with Crippen LogP contribution in [0.4, 0.5) is 4.39 Å². The van der Waals surface area contributed by atoms with Crippen molar-refractivity contribution in [2.24, 2.45) is 0 Å².